The summed E-state index contributed by atoms with van der Waals surface area (Å²) in [7, 11) is 3.88. The summed E-state index contributed by atoms with van der Waals surface area (Å²) in [6.45, 7) is 1.47. The van der Waals surface area contributed by atoms with E-state index < -0.39 is 0 Å². The fourth-order valence-corrected chi connectivity index (χ4v) is 2.31. The average Bonchev–Trinajstić information content (AvgIpc) is 2.54. The predicted octanol–water partition coefficient (Wildman–Crippen LogP) is 3.71. The van der Waals surface area contributed by atoms with Gasteiger partial charge < -0.3 is 15.5 Å². The lowest BCUT2D eigenvalue weighted by Crippen LogP contribution is -2.22. The number of para-hydroxylation sites is 2. The van der Waals surface area contributed by atoms with Crippen LogP contribution in [0.2, 0.25) is 0 Å². The van der Waals surface area contributed by atoms with Gasteiger partial charge in [0.1, 0.15) is 0 Å². The molecule has 0 saturated heterocycles. The van der Waals surface area contributed by atoms with Crippen molar-refractivity contribution in [2.75, 3.05) is 30.9 Å². The van der Waals surface area contributed by atoms with Gasteiger partial charge in [-0.25, -0.2) is 0 Å². The van der Waals surface area contributed by atoms with E-state index in [4.69, 9.17) is 0 Å². The van der Waals surface area contributed by atoms with Crippen molar-refractivity contribution in [2.24, 2.45) is 0 Å². The van der Waals surface area contributed by atoms with E-state index in [0.29, 0.717) is 13.0 Å². The van der Waals surface area contributed by atoms with E-state index in [0.717, 1.165) is 17.9 Å². The monoisotopic (exact) mass is 369 g/mol. The van der Waals surface area contributed by atoms with E-state index in [-0.39, 0.29) is 30.7 Å². The van der Waals surface area contributed by atoms with E-state index in [1.54, 1.807) is 0 Å². The Labute approximate surface area is 156 Å². The van der Waals surface area contributed by atoms with E-state index in [1.807, 2.05) is 56.6 Å². The Kier molecular flexibility index (Phi) is 10.9. The maximum absolute atomic E-state index is 11.9. The van der Waals surface area contributed by atoms with Crippen LogP contribution in [0.1, 0.15) is 12.0 Å². The Hall–Kier alpha value is -1.75. The molecule has 0 spiro atoms. The van der Waals surface area contributed by atoms with Gasteiger partial charge in [-0.15, -0.1) is 24.8 Å². The topological polar surface area (TPSA) is 44.4 Å². The Morgan fingerprint density at radius 3 is 2.29 bits per heavy atom. The molecule has 0 aromatic heterocycles. The van der Waals surface area contributed by atoms with Crippen molar-refractivity contribution in [1.29, 1.82) is 0 Å². The molecule has 0 unspecified atom stereocenters. The zero-order chi connectivity index (χ0) is 15.8. The molecule has 2 N–H and O–H groups in total. The Morgan fingerprint density at radius 1 is 1.00 bits per heavy atom. The number of benzene rings is 2. The van der Waals surface area contributed by atoms with Crippen molar-refractivity contribution < 1.29 is 4.79 Å². The molecule has 6 heteroatoms. The number of carbonyl (C=O) groups excluding carboxylic acids is 1. The van der Waals surface area contributed by atoms with E-state index in [2.05, 4.69) is 27.7 Å². The third kappa shape index (κ3) is 6.79. The highest BCUT2D eigenvalue weighted by Crippen LogP contribution is 2.26. The summed E-state index contributed by atoms with van der Waals surface area (Å²) in [5, 5.41) is 5.97. The van der Waals surface area contributed by atoms with Crippen LogP contribution in [-0.4, -0.2) is 26.5 Å². The predicted molar refractivity (Wildman–Crippen MR) is 107 cm³/mol. The maximum Gasteiger partial charge on any atom is 0.225 e. The first-order valence-electron chi connectivity index (χ1n) is 7.49. The van der Waals surface area contributed by atoms with Crippen LogP contribution in [0.25, 0.3) is 0 Å². The molecule has 2 aromatic carbocycles. The molecule has 0 atom stereocenters. The van der Waals surface area contributed by atoms with Gasteiger partial charge >= 0.3 is 0 Å². The smallest absolute Gasteiger partial charge is 0.225 e. The average molecular weight is 370 g/mol. The van der Waals surface area contributed by atoms with Gasteiger partial charge in [-0.2, -0.15) is 0 Å². The minimum Gasteiger partial charge on any atom is -0.369 e. The number of rotatable bonds is 7. The summed E-state index contributed by atoms with van der Waals surface area (Å²) >= 11 is 0. The highest BCUT2D eigenvalue weighted by atomic mass is 35.5. The first-order chi connectivity index (χ1) is 10.7. The lowest BCUT2D eigenvalue weighted by atomic mass is 10.2. The third-order valence-corrected chi connectivity index (χ3v) is 3.45. The molecular formula is C18H25Cl2N3O. The molecule has 0 radical (unpaired) electrons. The molecule has 0 aliphatic rings. The number of anilines is 2. The van der Waals surface area contributed by atoms with Crippen molar-refractivity contribution >= 4 is 42.1 Å². The van der Waals surface area contributed by atoms with Crippen LogP contribution in [0.15, 0.2) is 54.6 Å². The third-order valence-electron chi connectivity index (χ3n) is 3.45. The number of nitrogens with one attached hydrogen (secondary N) is 2. The molecule has 24 heavy (non-hydrogen) atoms. The van der Waals surface area contributed by atoms with Crippen LogP contribution in [0.3, 0.4) is 0 Å². The van der Waals surface area contributed by atoms with Crippen molar-refractivity contribution in [3.8, 4) is 0 Å². The van der Waals surface area contributed by atoms with Gasteiger partial charge in [0.25, 0.3) is 0 Å². The molecule has 4 nitrogen and oxygen atoms in total. The Bertz CT molecular complexity index is 608. The molecule has 0 bridgehead atoms. The molecular weight excluding hydrogens is 345 g/mol. The number of hydrogen-bond donors (Lipinski definition) is 2. The first kappa shape index (κ1) is 22.2. The summed E-state index contributed by atoms with van der Waals surface area (Å²) in [6, 6.07) is 18.2. The van der Waals surface area contributed by atoms with Gasteiger partial charge in [0.05, 0.1) is 11.4 Å². The molecule has 0 aliphatic carbocycles. The molecule has 0 saturated carbocycles. The lowest BCUT2D eigenvalue weighted by molar-refractivity contribution is -0.116. The second-order valence-electron chi connectivity index (χ2n) is 5.26. The van der Waals surface area contributed by atoms with Gasteiger partial charge in [0.15, 0.2) is 0 Å². The standard InChI is InChI=1S/C18H23N3O.2ClH/c1-19-13-12-18(22)20-16-10-6-7-11-17(16)21(2)14-15-8-4-3-5-9-15;;/h3-11,19H,12-14H2,1-2H3,(H,20,22);2*1H. The van der Waals surface area contributed by atoms with Gasteiger partial charge in [0.2, 0.25) is 5.91 Å². The van der Waals surface area contributed by atoms with E-state index in [1.165, 1.54) is 5.56 Å². The van der Waals surface area contributed by atoms with Crippen LogP contribution in [0.5, 0.6) is 0 Å². The molecule has 0 heterocycles. The number of halogens is 2. The molecule has 1 amide bonds. The number of hydrogen-bond acceptors (Lipinski definition) is 3. The SMILES string of the molecule is CNCCC(=O)Nc1ccccc1N(C)Cc1ccccc1.Cl.Cl. The second-order valence-corrected chi connectivity index (χ2v) is 5.26. The zero-order valence-corrected chi connectivity index (χ0v) is 15.6. The molecule has 2 rings (SSSR count). The minimum absolute atomic E-state index is 0. The van der Waals surface area contributed by atoms with E-state index >= 15 is 0 Å². The minimum atomic E-state index is 0. The molecule has 2 aromatic rings. The normalized spacial score (nSPS) is 9.42. The molecule has 0 fully saturated rings. The van der Waals surface area contributed by atoms with Gasteiger partial charge in [-0.1, -0.05) is 42.5 Å². The largest absolute Gasteiger partial charge is 0.369 e. The zero-order valence-electron chi connectivity index (χ0n) is 14.0. The van der Waals surface area contributed by atoms with Gasteiger partial charge in [-0.3, -0.25) is 4.79 Å². The fourth-order valence-electron chi connectivity index (χ4n) is 2.31. The van der Waals surface area contributed by atoms with Crippen LogP contribution in [0.4, 0.5) is 11.4 Å². The van der Waals surface area contributed by atoms with Crippen LogP contribution >= 0.6 is 24.8 Å². The first-order valence-corrected chi connectivity index (χ1v) is 7.49. The van der Waals surface area contributed by atoms with Crippen molar-refractivity contribution in [1.82, 2.24) is 5.32 Å². The van der Waals surface area contributed by atoms with E-state index in [9.17, 15) is 4.79 Å². The quantitative estimate of drug-likeness (QED) is 0.781. The summed E-state index contributed by atoms with van der Waals surface area (Å²) < 4.78 is 0. The highest BCUT2D eigenvalue weighted by Gasteiger charge is 2.10. The lowest BCUT2D eigenvalue weighted by Gasteiger charge is -2.22. The van der Waals surface area contributed by atoms with Crippen molar-refractivity contribution in [3.63, 3.8) is 0 Å². The fraction of sp³-hybridized carbons (Fsp3) is 0.278. The second kappa shape index (κ2) is 11.7. The van der Waals surface area contributed by atoms with Crippen LogP contribution < -0.4 is 15.5 Å². The molecule has 0 aliphatic heterocycles. The van der Waals surface area contributed by atoms with Gasteiger partial charge in [-0.05, 0) is 24.7 Å². The maximum atomic E-state index is 11.9. The van der Waals surface area contributed by atoms with Crippen LogP contribution in [-0.2, 0) is 11.3 Å². The number of amides is 1. The number of carbonyl (C=O) groups is 1. The molecule has 132 valence electrons. The Balaban J connectivity index is 0.00000264. The summed E-state index contributed by atoms with van der Waals surface area (Å²) in [5.74, 6) is 0.0231. The summed E-state index contributed by atoms with van der Waals surface area (Å²) in [5.41, 5.74) is 3.10. The number of nitrogens with zero attached hydrogens (tertiary/aromatic N) is 1. The summed E-state index contributed by atoms with van der Waals surface area (Å²) in [6.07, 6.45) is 0.466. The van der Waals surface area contributed by atoms with Crippen molar-refractivity contribution in [2.45, 2.75) is 13.0 Å². The van der Waals surface area contributed by atoms with Gasteiger partial charge in [0, 0.05) is 26.6 Å². The summed E-state index contributed by atoms with van der Waals surface area (Å²) in [4.78, 5) is 14.1. The van der Waals surface area contributed by atoms with Crippen molar-refractivity contribution in [3.05, 3.63) is 60.2 Å². The Morgan fingerprint density at radius 2 is 1.62 bits per heavy atom. The van der Waals surface area contributed by atoms with Crippen LogP contribution in [0, 0.1) is 0 Å². The highest BCUT2D eigenvalue weighted by molar-refractivity contribution is 5.94.